The second kappa shape index (κ2) is 6.99. The fourth-order valence-corrected chi connectivity index (χ4v) is 2.27. The summed E-state index contributed by atoms with van der Waals surface area (Å²) in [7, 11) is 3.43. The summed E-state index contributed by atoms with van der Waals surface area (Å²) in [6, 6.07) is 5.15. The molecule has 0 aliphatic heterocycles. The van der Waals surface area contributed by atoms with Crippen molar-refractivity contribution >= 4 is 33.4 Å². The van der Waals surface area contributed by atoms with Crippen LogP contribution in [0.4, 0.5) is 0 Å². The van der Waals surface area contributed by atoms with Crippen LogP contribution >= 0.6 is 27.5 Å². The molecule has 1 amide bonds. The number of carbonyl (C=O) groups excluding carboxylic acids is 1. The third-order valence-corrected chi connectivity index (χ3v) is 3.24. The molecule has 0 aliphatic rings. The van der Waals surface area contributed by atoms with E-state index in [0.29, 0.717) is 28.2 Å². The van der Waals surface area contributed by atoms with E-state index in [4.69, 9.17) is 16.3 Å². The third-order valence-electron chi connectivity index (χ3n) is 2.35. The van der Waals surface area contributed by atoms with Gasteiger partial charge in [0, 0.05) is 36.8 Å². The molecule has 0 atom stereocenters. The molecule has 1 aromatic carbocycles. The van der Waals surface area contributed by atoms with E-state index in [1.807, 2.05) is 0 Å². The first-order chi connectivity index (χ1) is 8.06. The maximum absolute atomic E-state index is 12.1. The Morgan fingerprint density at radius 3 is 2.82 bits per heavy atom. The highest BCUT2D eigenvalue weighted by atomic mass is 79.9. The van der Waals surface area contributed by atoms with Crippen molar-refractivity contribution in [2.45, 2.75) is 6.42 Å². The van der Waals surface area contributed by atoms with Crippen LogP contribution in [0.15, 0.2) is 22.7 Å². The number of ether oxygens (including phenoxy) is 1. The van der Waals surface area contributed by atoms with Gasteiger partial charge in [-0.05, 0) is 40.5 Å². The van der Waals surface area contributed by atoms with Crippen molar-refractivity contribution < 1.29 is 9.53 Å². The van der Waals surface area contributed by atoms with Crippen LogP contribution in [-0.2, 0) is 4.74 Å². The molecule has 1 aromatic rings. The van der Waals surface area contributed by atoms with Gasteiger partial charge in [-0.3, -0.25) is 4.79 Å². The van der Waals surface area contributed by atoms with Gasteiger partial charge in [-0.15, -0.1) is 0 Å². The lowest BCUT2D eigenvalue weighted by Gasteiger charge is -2.17. The number of rotatable bonds is 5. The van der Waals surface area contributed by atoms with Crippen LogP contribution in [0.3, 0.4) is 0 Å². The van der Waals surface area contributed by atoms with E-state index in [1.165, 1.54) is 0 Å². The Balaban J connectivity index is 2.68. The van der Waals surface area contributed by atoms with Crippen LogP contribution in [-0.4, -0.2) is 38.1 Å². The Kier molecular flexibility index (Phi) is 5.95. The molecule has 5 heteroatoms. The number of carbonyl (C=O) groups is 1. The van der Waals surface area contributed by atoms with Gasteiger partial charge in [0.15, 0.2) is 0 Å². The van der Waals surface area contributed by atoms with Crippen LogP contribution in [0.5, 0.6) is 0 Å². The van der Waals surface area contributed by atoms with Gasteiger partial charge in [0.2, 0.25) is 0 Å². The molecule has 0 N–H and O–H groups in total. The van der Waals surface area contributed by atoms with E-state index in [2.05, 4.69) is 15.9 Å². The first-order valence-corrected chi connectivity index (χ1v) is 6.43. The Morgan fingerprint density at radius 1 is 1.53 bits per heavy atom. The standard InChI is InChI=1S/C12H15BrClNO2/c1-15(6-3-7-17-2)12(16)10-5-4-9(14)8-11(10)13/h4-5,8H,3,6-7H2,1-2H3. The van der Waals surface area contributed by atoms with Gasteiger partial charge in [0.05, 0.1) is 5.56 Å². The predicted octanol–water partition coefficient (Wildman–Crippen LogP) is 3.21. The molecule has 0 heterocycles. The number of amides is 1. The molecule has 0 aromatic heterocycles. The summed E-state index contributed by atoms with van der Waals surface area (Å²) in [6.07, 6.45) is 0.823. The fraction of sp³-hybridized carbons (Fsp3) is 0.417. The number of nitrogens with zero attached hydrogens (tertiary/aromatic N) is 1. The van der Waals surface area contributed by atoms with Gasteiger partial charge in [0.25, 0.3) is 5.91 Å². The summed E-state index contributed by atoms with van der Waals surface area (Å²) in [5.74, 6) is -0.0235. The highest BCUT2D eigenvalue weighted by Crippen LogP contribution is 2.22. The molecule has 0 bridgehead atoms. The zero-order valence-electron chi connectivity index (χ0n) is 9.87. The summed E-state index contributed by atoms with van der Waals surface area (Å²) in [5.41, 5.74) is 0.620. The van der Waals surface area contributed by atoms with E-state index in [-0.39, 0.29) is 5.91 Å². The highest BCUT2D eigenvalue weighted by molar-refractivity contribution is 9.10. The Morgan fingerprint density at radius 2 is 2.24 bits per heavy atom. The van der Waals surface area contributed by atoms with Crippen molar-refractivity contribution in [2.24, 2.45) is 0 Å². The molecule has 0 unspecified atom stereocenters. The van der Waals surface area contributed by atoms with Crippen LogP contribution in [0.25, 0.3) is 0 Å². The quantitative estimate of drug-likeness (QED) is 0.780. The summed E-state index contributed by atoms with van der Waals surface area (Å²) in [5, 5.41) is 0.607. The zero-order chi connectivity index (χ0) is 12.8. The van der Waals surface area contributed by atoms with E-state index in [1.54, 1.807) is 37.3 Å². The minimum Gasteiger partial charge on any atom is -0.385 e. The molecule has 0 aliphatic carbocycles. The summed E-state index contributed by atoms with van der Waals surface area (Å²) in [6.45, 7) is 1.32. The summed E-state index contributed by atoms with van der Waals surface area (Å²) < 4.78 is 5.67. The maximum atomic E-state index is 12.1. The molecule has 0 saturated heterocycles. The normalized spacial score (nSPS) is 10.4. The van der Waals surface area contributed by atoms with Gasteiger partial charge < -0.3 is 9.64 Å². The fourth-order valence-electron chi connectivity index (χ4n) is 1.42. The van der Waals surface area contributed by atoms with Gasteiger partial charge in [-0.25, -0.2) is 0 Å². The van der Waals surface area contributed by atoms with E-state index in [0.717, 1.165) is 6.42 Å². The summed E-state index contributed by atoms with van der Waals surface area (Å²) in [4.78, 5) is 13.8. The molecular formula is C12H15BrClNO2. The van der Waals surface area contributed by atoms with E-state index in [9.17, 15) is 4.79 Å². The second-order valence-corrected chi connectivity index (χ2v) is 4.99. The molecule has 0 saturated carbocycles. The zero-order valence-corrected chi connectivity index (χ0v) is 12.2. The number of hydrogen-bond donors (Lipinski definition) is 0. The topological polar surface area (TPSA) is 29.5 Å². The minimum absolute atomic E-state index is 0.0235. The predicted molar refractivity (Wildman–Crippen MR) is 72.6 cm³/mol. The number of benzene rings is 1. The molecule has 0 radical (unpaired) electrons. The van der Waals surface area contributed by atoms with Crippen molar-refractivity contribution in [2.75, 3.05) is 27.3 Å². The largest absolute Gasteiger partial charge is 0.385 e. The van der Waals surface area contributed by atoms with Crippen molar-refractivity contribution in [3.05, 3.63) is 33.3 Å². The number of methoxy groups -OCH3 is 1. The highest BCUT2D eigenvalue weighted by Gasteiger charge is 2.14. The maximum Gasteiger partial charge on any atom is 0.254 e. The van der Waals surface area contributed by atoms with Crippen LogP contribution < -0.4 is 0 Å². The molecule has 0 fully saturated rings. The molecule has 94 valence electrons. The molecule has 3 nitrogen and oxygen atoms in total. The lowest BCUT2D eigenvalue weighted by atomic mass is 10.2. The van der Waals surface area contributed by atoms with Crippen LogP contribution in [0.1, 0.15) is 16.8 Å². The molecular weight excluding hydrogens is 305 g/mol. The average Bonchev–Trinajstić information content (AvgIpc) is 2.28. The van der Waals surface area contributed by atoms with Gasteiger partial charge in [0.1, 0.15) is 0 Å². The first-order valence-electron chi connectivity index (χ1n) is 5.25. The van der Waals surface area contributed by atoms with Crippen molar-refractivity contribution in [3.63, 3.8) is 0 Å². The van der Waals surface area contributed by atoms with Crippen LogP contribution in [0, 0.1) is 0 Å². The van der Waals surface area contributed by atoms with Crippen molar-refractivity contribution in [1.82, 2.24) is 4.90 Å². The molecule has 17 heavy (non-hydrogen) atoms. The second-order valence-electron chi connectivity index (χ2n) is 3.70. The monoisotopic (exact) mass is 319 g/mol. The van der Waals surface area contributed by atoms with Gasteiger partial charge in [-0.1, -0.05) is 11.6 Å². The lowest BCUT2D eigenvalue weighted by molar-refractivity contribution is 0.0778. The molecule has 1 rings (SSSR count). The van der Waals surface area contributed by atoms with Gasteiger partial charge >= 0.3 is 0 Å². The number of halogens is 2. The third kappa shape index (κ3) is 4.30. The SMILES string of the molecule is COCCCN(C)C(=O)c1ccc(Cl)cc1Br. The lowest BCUT2D eigenvalue weighted by Crippen LogP contribution is -2.28. The first kappa shape index (κ1) is 14.5. The average molecular weight is 321 g/mol. The van der Waals surface area contributed by atoms with Crippen LogP contribution in [0.2, 0.25) is 5.02 Å². The van der Waals surface area contributed by atoms with Crippen molar-refractivity contribution in [1.29, 1.82) is 0 Å². The molecule has 0 spiro atoms. The Bertz CT molecular complexity index is 398. The smallest absolute Gasteiger partial charge is 0.254 e. The van der Waals surface area contributed by atoms with Gasteiger partial charge in [-0.2, -0.15) is 0 Å². The minimum atomic E-state index is -0.0235. The van der Waals surface area contributed by atoms with Crippen molar-refractivity contribution in [3.8, 4) is 0 Å². The summed E-state index contributed by atoms with van der Waals surface area (Å²) >= 11 is 9.17. The Labute approximate surface area is 115 Å². The number of hydrogen-bond acceptors (Lipinski definition) is 2. The van der Waals surface area contributed by atoms with E-state index >= 15 is 0 Å². The Hall–Kier alpha value is -0.580. The van der Waals surface area contributed by atoms with E-state index < -0.39 is 0 Å².